The predicted molar refractivity (Wildman–Crippen MR) is 95.0 cm³/mol. The van der Waals surface area contributed by atoms with Gasteiger partial charge in [-0.15, -0.1) is 11.3 Å². The van der Waals surface area contributed by atoms with E-state index in [9.17, 15) is 0 Å². The fourth-order valence-electron chi connectivity index (χ4n) is 3.69. The molecule has 1 unspecified atom stereocenters. The highest BCUT2D eigenvalue weighted by molar-refractivity contribution is 9.11. The summed E-state index contributed by atoms with van der Waals surface area (Å²) in [5, 5.41) is 3.92. The lowest BCUT2D eigenvalue weighted by Crippen LogP contribution is -2.41. The number of fused-ring (bicyclic) bond motifs is 1. The highest BCUT2D eigenvalue weighted by atomic mass is 79.9. The summed E-state index contributed by atoms with van der Waals surface area (Å²) < 4.78 is 1.80. The fourth-order valence-corrected chi connectivity index (χ4v) is 6.44. The van der Waals surface area contributed by atoms with E-state index in [2.05, 4.69) is 45.3 Å². The molecule has 1 aromatic heterocycles. The zero-order valence-corrected chi connectivity index (χ0v) is 15.4. The topological polar surface area (TPSA) is 12.0 Å². The SMILES string of the molecule is CSC1(CNC2CCCc3sc(Br)cc32)CCCCC1. The van der Waals surface area contributed by atoms with Gasteiger partial charge in [-0.25, -0.2) is 0 Å². The van der Waals surface area contributed by atoms with E-state index in [1.54, 1.807) is 10.4 Å². The van der Waals surface area contributed by atoms with Crippen molar-refractivity contribution in [2.75, 3.05) is 12.8 Å². The van der Waals surface area contributed by atoms with Gasteiger partial charge in [-0.05, 0) is 65.9 Å². The van der Waals surface area contributed by atoms with Gasteiger partial charge in [-0.3, -0.25) is 0 Å². The first-order chi connectivity index (χ1) is 9.72. The zero-order valence-electron chi connectivity index (χ0n) is 12.2. The third-order valence-corrected chi connectivity index (χ3v) is 8.08. The summed E-state index contributed by atoms with van der Waals surface area (Å²) in [4.78, 5) is 1.60. The third kappa shape index (κ3) is 3.29. The molecule has 0 amide bonds. The van der Waals surface area contributed by atoms with Crippen LogP contribution in [0.3, 0.4) is 0 Å². The third-order valence-electron chi connectivity index (χ3n) is 4.95. The Bertz CT molecular complexity index is 451. The predicted octanol–water partition coefficient (Wildman–Crippen LogP) is 5.54. The molecule has 0 bridgehead atoms. The summed E-state index contributed by atoms with van der Waals surface area (Å²) in [7, 11) is 0. The van der Waals surface area contributed by atoms with Crippen LogP contribution >= 0.6 is 39.0 Å². The zero-order chi connectivity index (χ0) is 14.0. The Labute approximate surface area is 139 Å². The maximum atomic E-state index is 3.92. The molecule has 20 heavy (non-hydrogen) atoms. The van der Waals surface area contributed by atoms with Crippen LogP contribution < -0.4 is 5.32 Å². The average molecular weight is 374 g/mol. The first-order valence-electron chi connectivity index (χ1n) is 7.79. The number of rotatable bonds is 4. The monoisotopic (exact) mass is 373 g/mol. The Morgan fingerprint density at radius 3 is 2.90 bits per heavy atom. The molecule has 1 fully saturated rings. The lowest BCUT2D eigenvalue weighted by Gasteiger charge is -2.38. The maximum absolute atomic E-state index is 3.92. The van der Waals surface area contributed by atoms with Gasteiger partial charge in [0.2, 0.25) is 0 Å². The van der Waals surface area contributed by atoms with Crippen molar-refractivity contribution in [2.45, 2.75) is 62.2 Å². The lowest BCUT2D eigenvalue weighted by atomic mass is 9.87. The Kier molecular flexibility index (Phi) is 5.17. The van der Waals surface area contributed by atoms with E-state index in [-0.39, 0.29) is 0 Å². The van der Waals surface area contributed by atoms with Crippen LogP contribution in [0.15, 0.2) is 9.85 Å². The molecule has 2 aliphatic rings. The summed E-state index contributed by atoms with van der Waals surface area (Å²) >= 11 is 7.69. The molecule has 1 atom stereocenters. The van der Waals surface area contributed by atoms with Crippen molar-refractivity contribution in [3.63, 3.8) is 0 Å². The second-order valence-corrected chi connectivity index (χ2v) is 9.99. The molecule has 0 aliphatic heterocycles. The maximum Gasteiger partial charge on any atom is 0.0704 e. The summed E-state index contributed by atoms with van der Waals surface area (Å²) in [6.45, 7) is 1.19. The summed E-state index contributed by atoms with van der Waals surface area (Å²) in [5.74, 6) is 0. The van der Waals surface area contributed by atoms with Crippen molar-refractivity contribution in [2.24, 2.45) is 0 Å². The Balaban J connectivity index is 1.66. The van der Waals surface area contributed by atoms with E-state index in [0.29, 0.717) is 10.8 Å². The van der Waals surface area contributed by atoms with E-state index >= 15 is 0 Å². The van der Waals surface area contributed by atoms with E-state index in [0.717, 1.165) is 0 Å². The minimum absolute atomic E-state index is 0.503. The standard InChI is InChI=1S/C16H24BrNS2/c1-19-16(8-3-2-4-9-16)11-18-13-6-5-7-14-12(13)10-15(17)20-14/h10,13,18H,2-9,11H2,1H3. The van der Waals surface area contributed by atoms with Crippen LogP contribution in [0.1, 0.15) is 61.4 Å². The molecule has 2 aliphatic carbocycles. The molecule has 1 saturated carbocycles. The van der Waals surface area contributed by atoms with Crippen LogP contribution in [0, 0.1) is 0 Å². The largest absolute Gasteiger partial charge is 0.309 e. The van der Waals surface area contributed by atoms with Gasteiger partial charge in [0.15, 0.2) is 0 Å². The molecule has 1 nitrogen and oxygen atoms in total. The smallest absolute Gasteiger partial charge is 0.0704 e. The van der Waals surface area contributed by atoms with Gasteiger partial charge >= 0.3 is 0 Å². The minimum Gasteiger partial charge on any atom is -0.309 e. The van der Waals surface area contributed by atoms with Gasteiger partial charge in [0, 0.05) is 22.2 Å². The highest BCUT2D eigenvalue weighted by Crippen LogP contribution is 2.41. The van der Waals surface area contributed by atoms with E-state index < -0.39 is 0 Å². The average Bonchev–Trinajstić information content (AvgIpc) is 2.87. The van der Waals surface area contributed by atoms with Gasteiger partial charge in [-0.2, -0.15) is 11.8 Å². The Morgan fingerprint density at radius 2 is 2.15 bits per heavy atom. The molecular weight excluding hydrogens is 350 g/mol. The van der Waals surface area contributed by atoms with Gasteiger partial charge in [-0.1, -0.05) is 19.3 Å². The van der Waals surface area contributed by atoms with Gasteiger partial charge in [0.1, 0.15) is 0 Å². The summed E-state index contributed by atoms with van der Waals surface area (Å²) in [6.07, 6.45) is 13.3. The van der Waals surface area contributed by atoms with Crippen LogP contribution in [-0.2, 0) is 6.42 Å². The molecule has 0 saturated heterocycles. The van der Waals surface area contributed by atoms with Crippen LogP contribution in [0.2, 0.25) is 0 Å². The number of hydrogen-bond acceptors (Lipinski definition) is 3. The van der Waals surface area contributed by atoms with Gasteiger partial charge < -0.3 is 5.32 Å². The van der Waals surface area contributed by atoms with Gasteiger partial charge in [0.05, 0.1) is 3.79 Å². The molecule has 0 spiro atoms. The fraction of sp³-hybridized carbons (Fsp3) is 0.750. The number of halogens is 1. The minimum atomic E-state index is 0.503. The van der Waals surface area contributed by atoms with Crippen LogP contribution in [-0.4, -0.2) is 17.5 Å². The van der Waals surface area contributed by atoms with E-state index in [1.807, 2.05) is 11.3 Å². The van der Waals surface area contributed by atoms with Gasteiger partial charge in [0.25, 0.3) is 0 Å². The first kappa shape index (κ1) is 15.4. The number of thioether (sulfide) groups is 1. The summed E-state index contributed by atoms with van der Waals surface area (Å²) in [6, 6.07) is 2.94. The van der Waals surface area contributed by atoms with Crippen LogP contribution in [0.5, 0.6) is 0 Å². The van der Waals surface area contributed by atoms with Crippen molar-refractivity contribution < 1.29 is 0 Å². The highest BCUT2D eigenvalue weighted by Gasteiger charge is 2.32. The van der Waals surface area contributed by atoms with Crippen molar-refractivity contribution in [3.05, 3.63) is 20.3 Å². The Hall–Kier alpha value is 0.490. The molecule has 3 rings (SSSR count). The number of thiophene rings is 1. The van der Waals surface area contributed by atoms with Crippen molar-refractivity contribution in [1.29, 1.82) is 0 Å². The summed E-state index contributed by atoms with van der Waals surface area (Å²) in [5.41, 5.74) is 1.57. The van der Waals surface area contributed by atoms with E-state index in [4.69, 9.17) is 0 Å². The van der Waals surface area contributed by atoms with E-state index in [1.165, 1.54) is 61.7 Å². The Morgan fingerprint density at radius 1 is 1.35 bits per heavy atom. The molecule has 112 valence electrons. The second kappa shape index (κ2) is 6.72. The lowest BCUT2D eigenvalue weighted by molar-refractivity contribution is 0.351. The number of nitrogens with one attached hydrogen (secondary N) is 1. The molecule has 0 radical (unpaired) electrons. The molecule has 1 N–H and O–H groups in total. The molecule has 0 aromatic carbocycles. The van der Waals surface area contributed by atoms with Crippen molar-refractivity contribution >= 4 is 39.0 Å². The van der Waals surface area contributed by atoms with Crippen molar-refractivity contribution in [1.82, 2.24) is 5.32 Å². The van der Waals surface area contributed by atoms with Crippen LogP contribution in [0.25, 0.3) is 0 Å². The number of aryl methyl sites for hydroxylation is 1. The second-order valence-electron chi connectivity index (χ2n) is 6.20. The van der Waals surface area contributed by atoms with Crippen molar-refractivity contribution in [3.8, 4) is 0 Å². The molecule has 1 heterocycles. The normalized spacial score (nSPS) is 25.4. The quantitative estimate of drug-likeness (QED) is 0.742. The first-order valence-corrected chi connectivity index (χ1v) is 10.6. The molecular formula is C16H24BrNS2. The van der Waals surface area contributed by atoms with Crippen LogP contribution in [0.4, 0.5) is 0 Å². The molecule has 4 heteroatoms. The molecule has 1 aromatic rings. The number of hydrogen-bond donors (Lipinski definition) is 1.